The van der Waals surface area contributed by atoms with E-state index in [4.69, 9.17) is 9.84 Å². The van der Waals surface area contributed by atoms with Gasteiger partial charge in [0.1, 0.15) is 5.76 Å². The summed E-state index contributed by atoms with van der Waals surface area (Å²) in [6.45, 7) is 8.68. The summed E-state index contributed by atoms with van der Waals surface area (Å²) in [4.78, 5) is 0. The topological polar surface area (TPSA) is 93.1 Å². The van der Waals surface area contributed by atoms with Gasteiger partial charge in [0.05, 0.1) is 18.3 Å². The maximum absolute atomic E-state index is 12.3. The minimum absolute atomic E-state index is 0.000647. The first-order valence-corrected chi connectivity index (χ1v) is 10.1. The molecule has 2 N–H and O–H groups in total. The van der Waals surface area contributed by atoms with Crippen molar-refractivity contribution in [3.8, 4) is 0 Å². The van der Waals surface area contributed by atoms with Crippen LogP contribution in [-0.2, 0) is 19.0 Å². The number of aliphatic hydroxyl groups is 2. The zero-order chi connectivity index (χ0) is 20.8. The Labute approximate surface area is 157 Å². The number of hydrogen-bond acceptors (Lipinski definition) is 6. The summed E-state index contributed by atoms with van der Waals surface area (Å²) in [5.41, 5.74) is -4.62. The minimum atomic E-state index is -5.75. The molecule has 1 heterocycles. The fourth-order valence-electron chi connectivity index (χ4n) is 2.83. The van der Waals surface area contributed by atoms with Gasteiger partial charge in [0.2, 0.25) is 0 Å². The standard InChI is InChI=1S/C17H27F3O6S/c1-11(13(3)26-27(23,24)17(18,19)20)9-14(22)6-7-16-12(2)10-15(25-16)5-4-8-21/h11,14-16,21-22H,2-10H2,1H3/t11-,14?,15+,16?/m1/s1. The number of hydrogen-bond donors (Lipinski definition) is 2. The molecule has 2 unspecified atom stereocenters. The third-order valence-corrected chi connectivity index (χ3v) is 5.42. The number of allylic oxidation sites excluding steroid dienone is 1. The molecule has 1 aliphatic heterocycles. The second-order valence-corrected chi connectivity index (χ2v) is 8.33. The Balaban J connectivity index is 2.42. The highest BCUT2D eigenvalue weighted by molar-refractivity contribution is 7.87. The molecule has 0 aromatic rings. The molecule has 0 aromatic carbocycles. The Morgan fingerprint density at radius 3 is 2.59 bits per heavy atom. The third kappa shape index (κ3) is 7.44. The Hall–Kier alpha value is -1.10. The lowest BCUT2D eigenvalue weighted by Gasteiger charge is -2.20. The average molecular weight is 416 g/mol. The van der Waals surface area contributed by atoms with Crippen molar-refractivity contribution in [3.63, 3.8) is 0 Å². The van der Waals surface area contributed by atoms with Gasteiger partial charge < -0.3 is 19.1 Å². The van der Waals surface area contributed by atoms with Gasteiger partial charge in [-0.25, -0.2) is 0 Å². The summed E-state index contributed by atoms with van der Waals surface area (Å²) in [6.07, 6.45) is 1.72. The van der Waals surface area contributed by atoms with E-state index in [0.717, 1.165) is 12.0 Å². The molecule has 158 valence electrons. The molecule has 6 nitrogen and oxygen atoms in total. The van der Waals surface area contributed by atoms with E-state index in [0.29, 0.717) is 25.7 Å². The summed E-state index contributed by atoms with van der Waals surface area (Å²) in [5, 5.41) is 18.9. The lowest BCUT2D eigenvalue weighted by atomic mass is 9.96. The first-order chi connectivity index (χ1) is 12.4. The van der Waals surface area contributed by atoms with E-state index in [1.54, 1.807) is 0 Å². The van der Waals surface area contributed by atoms with E-state index >= 15 is 0 Å². The van der Waals surface area contributed by atoms with Crippen molar-refractivity contribution in [1.29, 1.82) is 0 Å². The van der Waals surface area contributed by atoms with Crippen molar-refractivity contribution in [2.24, 2.45) is 5.92 Å². The molecular weight excluding hydrogens is 389 g/mol. The van der Waals surface area contributed by atoms with Gasteiger partial charge in [-0.05, 0) is 44.1 Å². The SMILES string of the molecule is C=C1C[C@H](CCCO)OC1CCC(O)C[C@@H](C)C(=C)OS(=O)(=O)C(F)(F)F. The van der Waals surface area contributed by atoms with Crippen LogP contribution in [0, 0.1) is 5.92 Å². The van der Waals surface area contributed by atoms with Crippen molar-refractivity contribution in [2.75, 3.05) is 6.61 Å². The van der Waals surface area contributed by atoms with Gasteiger partial charge in [-0.15, -0.1) is 0 Å². The highest BCUT2D eigenvalue weighted by atomic mass is 32.2. The van der Waals surface area contributed by atoms with Crippen LogP contribution < -0.4 is 0 Å². The average Bonchev–Trinajstić information content (AvgIpc) is 2.89. The van der Waals surface area contributed by atoms with Crippen LogP contribution in [0.5, 0.6) is 0 Å². The van der Waals surface area contributed by atoms with Crippen molar-refractivity contribution in [2.45, 2.75) is 69.3 Å². The summed E-state index contributed by atoms with van der Waals surface area (Å²) in [5.74, 6) is -1.36. The van der Waals surface area contributed by atoms with E-state index in [1.807, 2.05) is 0 Å². The van der Waals surface area contributed by atoms with E-state index in [-0.39, 0.29) is 25.2 Å². The zero-order valence-electron chi connectivity index (χ0n) is 15.2. The molecule has 0 radical (unpaired) electrons. The molecule has 1 aliphatic rings. The number of halogens is 3. The van der Waals surface area contributed by atoms with Crippen LogP contribution in [-0.4, -0.2) is 49.1 Å². The van der Waals surface area contributed by atoms with E-state index in [2.05, 4.69) is 17.3 Å². The third-order valence-electron chi connectivity index (χ3n) is 4.42. The van der Waals surface area contributed by atoms with E-state index in [9.17, 15) is 26.7 Å². The Morgan fingerprint density at radius 1 is 1.41 bits per heavy atom. The second-order valence-electron chi connectivity index (χ2n) is 6.79. The summed E-state index contributed by atoms with van der Waals surface area (Å²) in [7, 11) is -5.75. The monoisotopic (exact) mass is 416 g/mol. The highest BCUT2D eigenvalue weighted by Gasteiger charge is 2.49. The molecule has 27 heavy (non-hydrogen) atoms. The zero-order valence-corrected chi connectivity index (χ0v) is 16.1. The fourth-order valence-corrected chi connectivity index (χ4v) is 3.37. The maximum Gasteiger partial charge on any atom is 0.534 e. The van der Waals surface area contributed by atoms with Crippen molar-refractivity contribution < 1.29 is 40.7 Å². The van der Waals surface area contributed by atoms with Crippen molar-refractivity contribution >= 4 is 10.1 Å². The van der Waals surface area contributed by atoms with Crippen LogP contribution in [0.1, 0.15) is 45.4 Å². The van der Waals surface area contributed by atoms with Gasteiger partial charge in [0.15, 0.2) is 0 Å². The van der Waals surface area contributed by atoms with Gasteiger partial charge >= 0.3 is 15.6 Å². The maximum atomic E-state index is 12.3. The quantitative estimate of drug-likeness (QED) is 0.233. The number of rotatable bonds is 11. The molecule has 10 heteroatoms. The highest BCUT2D eigenvalue weighted by Crippen LogP contribution is 2.32. The van der Waals surface area contributed by atoms with Gasteiger partial charge in [-0.1, -0.05) is 20.1 Å². The molecule has 0 amide bonds. The largest absolute Gasteiger partial charge is 0.534 e. The first-order valence-electron chi connectivity index (χ1n) is 8.69. The van der Waals surface area contributed by atoms with Crippen LogP contribution in [0.3, 0.4) is 0 Å². The predicted octanol–water partition coefficient (Wildman–Crippen LogP) is 3.02. The fraction of sp³-hybridized carbons (Fsp3) is 0.765. The van der Waals surface area contributed by atoms with Gasteiger partial charge in [-0.2, -0.15) is 21.6 Å². The Bertz CT molecular complexity index is 617. The molecule has 4 atom stereocenters. The lowest BCUT2D eigenvalue weighted by Crippen LogP contribution is -2.27. The molecule has 1 saturated heterocycles. The minimum Gasteiger partial charge on any atom is -0.396 e. The Morgan fingerprint density at radius 2 is 2.04 bits per heavy atom. The second kappa shape index (κ2) is 9.90. The molecule has 0 saturated carbocycles. The summed E-state index contributed by atoms with van der Waals surface area (Å²) >= 11 is 0. The van der Waals surface area contributed by atoms with E-state index in [1.165, 1.54) is 6.92 Å². The van der Waals surface area contributed by atoms with Gasteiger partial charge in [-0.3, -0.25) is 0 Å². The number of ether oxygens (including phenoxy) is 1. The van der Waals surface area contributed by atoms with Gasteiger partial charge in [0, 0.05) is 12.5 Å². The van der Waals surface area contributed by atoms with Crippen LogP contribution in [0.4, 0.5) is 13.2 Å². The molecule has 1 rings (SSSR count). The normalized spacial score (nSPS) is 23.3. The Kier molecular flexibility index (Phi) is 8.78. The molecule has 0 aliphatic carbocycles. The molecule has 0 bridgehead atoms. The molecule has 0 spiro atoms. The van der Waals surface area contributed by atoms with Crippen molar-refractivity contribution in [1.82, 2.24) is 0 Å². The number of alkyl halides is 3. The van der Waals surface area contributed by atoms with Gasteiger partial charge in [0.25, 0.3) is 0 Å². The van der Waals surface area contributed by atoms with Crippen LogP contribution in [0.2, 0.25) is 0 Å². The van der Waals surface area contributed by atoms with Crippen molar-refractivity contribution in [3.05, 3.63) is 24.5 Å². The lowest BCUT2D eigenvalue weighted by molar-refractivity contribution is -0.0527. The van der Waals surface area contributed by atoms with Crippen LogP contribution in [0.25, 0.3) is 0 Å². The van der Waals surface area contributed by atoms with Crippen LogP contribution in [0.15, 0.2) is 24.5 Å². The predicted molar refractivity (Wildman–Crippen MR) is 93.0 cm³/mol. The summed E-state index contributed by atoms with van der Waals surface area (Å²) in [6, 6.07) is 0. The smallest absolute Gasteiger partial charge is 0.396 e. The molecular formula is C17H27F3O6S. The summed E-state index contributed by atoms with van der Waals surface area (Å²) < 4.78 is 68.7. The van der Waals surface area contributed by atoms with Crippen LogP contribution >= 0.6 is 0 Å². The molecule has 1 fully saturated rings. The molecule has 0 aromatic heterocycles. The van der Waals surface area contributed by atoms with E-state index < -0.39 is 33.4 Å². The number of aliphatic hydroxyl groups excluding tert-OH is 2. The first kappa shape index (κ1) is 23.9.